The average Bonchev–Trinajstić information content (AvgIpc) is 3.04. The molecule has 1 aliphatic rings. The number of rotatable bonds is 5. The number of aryl methyl sites for hydroxylation is 1. The predicted molar refractivity (Wildman–Crippen MR) is 98.9 cm³/mol. The number of aromatic nitrogens is 1. The highest BCUT2D eigenvalue weighted by atomic mass is 32.1. The molecule has 0 radical (unpaired) electrons. The molecular weight excluding hydrogens is 336 g/mol. The first-order valence-corrected chi connectivity index (χ1v) is 9.22. The number of para-hydroxylation sites is 1. The summed E-state index contributed by atoms with van der Waals surface area (Å²) in [6, 6.07) is 9.62. The monoisotopic (exact) mass is 358 g/mol. The Morgan fingerprint density at radius 3 is 2.60 bits per heavy atom. The number of carbonyl (C=O) groups is 2. The van der Waals surface area contributed by atoms with E-state index in [9.17, 15) is 9.59 Å². The van der Waals surface area contributed by atoms with Crippen LogP contribution in [0.4, 0.5) is 5.69 Å². The summed E-state index contributed by atoms with van der Waals surface area (Å²) in [4.78, 5) is 31.2. The van der Waals surface area contributed by atoms with Crippen molar-refractivity contribution in [1.82, 2.24) is 15.2 Å². The second-order valence-corrected chi connectivity index (χ2v) is 7.42. The number of carbonyl (C=O) groups excluding carboxylic acids is 2. The minimum atomic E-state index is -0.0501. The first-order valence-electron chi connectivity index (χ1n) is 8.41. The Balaban J connectivity index is 1.41. The van der Waals surface area contributed by atoms with Crippen LogP contribution in [0.5, 0.6) is 0 Å². The van der Waals surface area contributed by atoms with Crippen molar-refractivity contribution in [2.45, 2.75) is 25.8 Å². The van der Waals surface area contributed by atoms with Crippen molar-refractivity contribution in [2.75, 3.05) is 25.0 Å². The lowest BCUT2D eigenvalue weighted by Crippen LogP contribution is -2.46. The molecule has 0 spiro atoms. The summed E-state index contributed by atoms with van der Waals surface area (Å²) >= 11 is 1.41. The Morgan fingerprint density at radius 1 is 1.24 bits per heavy atom. The molecule has 7 heteroatoms. The molecule has 6 nitrogen and oxygen atoms in total. The zero-order chi connectivity index (χ0) is 17.6. The van der Waals surface area contributed by atoms with Crippen LogP contribution in [0.25, 0.3) is 0 Å². The van der Waals surface area contributed by atoms with Gasteiger partial charge >= 0.3 is 0 Å². The lowest BCUT2D eigenvalue weighted by Gasteiger charge is -2.31. The Morgan fingerprint density at radius 2 is 1.96 bits per heavy atom. The van der Waals surface area contributed by atoms with Gasteiger partial charge in [-0.3, -0.25) is 14.5 Å². The number of nitrogens with zero attached hydrogens (tertiary/aromatic N) is 2. The predicted octanol–water partition coefficient (Wildman–Crippen LogP) is 2.28. The fraction of sp³-hybridized carbons (Fsp3) is 0.389. The molecule has 132 valence electrons. The minimum Gasteiger partial charge on any atom is -0.348 e. The number of nitrogens with one attached hydrogen (secondary N) is 2. The van der Waals surface area contributed by atoms with Crippen LogP contribution in [0.15, 0.2) is 36.5 Å². The van der Waals surface area contributed by atoms with Crippen LogP contribution in [0, 0.1) is 6.92 Å². The lowest BCUT2D eigenvalue weighted by molar-refractivity contribution is -0.117. The van der Waals surface area contributed by atoms with E-state index in [1.165, 1.54) is 11.3 Å². The molecule has 0 atom stereocenters. The fourth-order valence-electron chi connectivity index (χ4n) is 2.88. The van der Waals surface area contributed by atoms with Crippen LogP contribution < -0.4 is 10.6 Å². The zero-order valence-corrected chi connectivity index (χ0v) is 15.0. The number of amides is 2. The minimum absolute atomic E-state index is 0.00572. The maximum Gasteiger partial charge on any atom is 0.263 e. The van der Waals surface area contributed by atoms with Crippen molar-refractivity contribution in [3.8, 4) is 0 Å². The fourth-order valence-corrected chi connectivity index (χ4v) is 3.56. The molecule has 0 bridgehead atoms. The molecule has 0 saturated carbocycles. The zero-order valence-electron chi connectivity index (χ0n) is 14.2. The number of hydrogen-bond acceptors (Lipinski definition) is 5. The van der Waals surface area contributed by atoms with Gasteiger partial charge in [0.15, 0.2) is 0 Å². The number of thiazole rings is 1. The number of anilines is 1. The van der Waals surface area contributed by atoms with Crippen molar-refractivity contribution in [1.29, 1.82) is 0 Å². The maximum atomic E-state index is 12.2. The van der Waals surface area contributed by atoms with E-state index in [0.717, 1.165) is 36.6 Å². The summed E-state index contributed by atoms with van der Waals surface area (Å²) in [5, 5.41) is 6.86. The first-order chi connectivity index (χ1) is 12.1. The summed E-state index contributed by atoms with van der Waals surface area (Å²) in [6.45, 7) is 3.87. The average molecular weight is 358 g/mol. The second kappa shape index (κ2) is 8.22. The van der Waals surface area contributed by atoms with Crippen molar-refractivity contribution in [3.05, 3.63) is 46.4 Å². The molecule has 25 heavy (non-hydrogen) atoms. The van der Waals surface area contributed by atoms with Gasteiger partial charge in [-0.1, -0.05) is 18.2 Å². The quantitative estimate of drug-likeness (QED) is 0.860. The third-order valence-corrected chi connectivity index (χ3v) is 5.10. The van der Waals surface area contributed by atoms with Gasteiger partial charge in [0.05, 0.1) is 17.7 Å². The largest absolute Gasteiger partial charge is 0.348 e. The van der Waals surface area contributed by atoms with E-state index in [2.05, 4.69) is 20.5 Å². The van der Waals surface area contributed by atoms with Crippen molar-refractivity contribution in [2.24, 2.45) is 0 Å². The highest BCUT2D eigenvalue weighted by Crippen LogP contribution is 2.15. The molecule has 0 unspecified atom stereocenters. The van der Waals surface area contributed by atoms with Crippen molar-refractivity contribution >= 4 is 28.8 Å². The van der Waals surface area contributed by atoms with Crippen LogP contribution in [-0.2, 0) is 4.79 Å². The maximum absolute atomic E-state index is 12.2. The molecular formula is C18H22N4O2S. The van der Waals surface area contributed by atoms with Gasteiger partial charge in [-0.25, -0.2) is 4.98 Å². The molecule has 1 aromatic carbocycles. The molecule has 2 N–H and O–H groups in total. The first kappa shape index (κ1) is 17.6. The Bertz CT molecular complexity index is 724. The Kier molecular flexibility index (Phi) is 5.78. The number of piperidine rings is 1. The van der Waals surface area contributed by atoms with E-state index >= 15 is 0 Å². The molecule has 1 fully saturated rings. The van der Waals surface area contributed by atoms with Crippen LogP contribution in [0.3, 0.4) is 0 Å². The van der Waals surface area contributed by atoms with Gasteiger partial charge in [0.1, 0.15) is 4.88 Å². The van der Waals surface area contributed by atoms with E-state index in [1.807, 2.05) is 37.3 Å². The van der Waals surface area contributed by atoms with Gasteiger partial charge < -0.3 is 10.6 Å². The normalized spacial score (nSPS) is 15.7. The van der Waals surface area contributed by atoms with E-state index in [-0.39, 0.29) is 17.9 Å². The standard InChI is InChI=1S/C18H22N4O2S/c1-13-19-11-16(25-13)18(24)21-15-7-9-22(10-8-15)12-17(23)20-14-5-3-2-4-6-14/h2-6,11,15H,7-10,12H2,1H3,(H,20,23)(H,21,24). The van der Waals surface area contributed by atoms with Gasteiger partial charge in [-0.15, -0.1) is 11.3 Å². The number of likely N-dealkylation sites (tertiary alicyclic amines) is 1. The molecule has 2 aromatic rings. The summed E-state index contributed by atoms with van der Waals surface area (Å²) < 4.78 is 0. The molecule has 2 heterocycles. The second-order valence-electron chi connectivity index (χ2n) is 6.18. The van der Waals surface area contributed by atoms with E-state index in [0.29, 0.717) is 11.4 Å². The van der Waals surface area contributed by atoms with Crippen LogP contribution in [0.1, 0.15) is 27.5 Å². The van der Waals surface area contributed by atoms with Crippen LogP contribution in [0.2, 0.25) is 0 Å². The SMILES string of the molecule is Cc1ncc(C(=O)NC2CCN(CC(=O)Nc3ccccc3)CC2)s1. The van der Waals surface area contributed by atoms with Gasteiger partial charge in [-0.2, -0.15) is 0 Å². The lowest BCUT2D eigenvalue weighted by atomic mass is 10.0. The molecule has 1 aliphatic heterocycles. The Hall–Kier alpha value is -2.25. The van der Waals surface area contributed by atoms with Crippen molar-refractivity contribution < 1.29 is 9.59 Å². The summed E-state index contributed by atoms with van der Waals surface area (Å²) in [5.74, 6) is -0.0558. The molecule has 1 aromatic heterocycles. The highest BCUT2D eigenvalue weighted by molar-refractivity contribution is 7.13. The molecule has 1 saturated heterocycles. The van der Waals surface area contributed by atoms with Gasteiger partial charge in [0, 0.05) is 24.8 Å². The summed E-state index contributed by atoms with van der Waals surface area (Å²) in [5.41, 5.74) is 0.814. The molecule has 3 rings (SSSR count). The number of hydrogen-bond donors (Lipinski definition) is 2. The van der Waals surface area contributed by atoms with Crippen molar-refractivity contribution in [3.63, 3.8) is 0 Å². The molecule has 2 amide bonds. The van der Waals surface area contributed by atoms with Crippen LogP contribution >= 0.6 is 11.3 Å². The third kappa shape index (κ3) is 5.11. The van der Waals surface area contributed by atoms with Crippen LogP contribution in [-0.4, -0.2) is 47.4 Å². The van der Waals surface area contributed by atoms with Gasteiger partial charge in [0.25, 0.3) is 5.91 Å². The van der Waals surface area contributed by atoms with E-state index in [4.69, 9.17) is 0 Å². The van der Waals surface area contributed by atoms with Gasteiger partial charge in [0.2, 0.25) is 5.91 Å². The van der Waals surface area contributed by atoms with E-state index in [1.54, 1.807) is 6.20 Å². The Labute approximate surface area is 151 Å². The third-order valence-electron chi connectivity index (χ3n) is 4.19. The smallest absolute Gasteiger partial charge is 0.263 e. The summed E-state index contributed by atoms with van der Waals surface area (Å²) in [7, 11) is 0. The number of benzene rings is 1. The van der Waals surface area contributed by atoms with Gasteiger partial charge in [-0.05, 0) is 31.9 Å². The summed E-state index contributed by atoms with van der Waals surface area (Å²) in [6.07, 6.45) is 3.32. The topological polar surface area (TPSA) is 74.3 Å². The molecule has 0 aliphatic carbocycles. The van der Waals surface area contributed by atoms with E-state index < -0.39 is 0 Å². The highest BCUT2D eigenvalue weighted by Gasteiger charge is 2.23.